The molecule has 1 aliphatic rings. The predicted molar refractivity (Wildman–Crippen MR) is 146 cm³/mol. The Bertz CT molecular complexity index is 1280. The quantitative estimate of drug-likeness (QED) is 0.443. The average Bonchev–Trinajstić information content (AvgIpc) is 2.88. The normalized spacial score (nSPS) is 16.3. The maximum Gasteiger partial charge on any atom is 0.255 e. The molecule has 6 nitrogen and oxygen atoms in total. The van der Waals surface area contributed by atoms with Crippen LogP contribution < -0.4 is 5.32 Å². The van der Waals surface area contributed by atoms with Crippen molar-refractivity contribution in [1.82, 2.24) is 15.1 Å². The third-order valence-electron chi connectivity index (χ3n) is 6.35. The molecule has 1 aliphatic heterocycles. The zero-order chi connectivity index (χ0) is 26.5. The van der Waals surface area contributed by atoms with Gasteiger partial charge in [-0.25, -0.2) is 0 Å². The second-order valence-electron chi connectivity index (χ2n) is 8.98. The lowest BCUT2D eigenvalue weighted by Gasteiger charge is -2.41. The number of rotatable bonds is 6. The Balaban J connectivity index is 1.48. The number of piperazine rings is 1. The van der Waals surface area contributed by atoms with Gasteiger partial charge >= 0.3 is 0 Å². The van der Waals surface area contributed by atoms with Crippen molar-refractivity contribution in [3.05, 3.63) is 105 Å². The van der Waals surface area contributed by atoms with Crippen molar-refractivity contribution >= 4 is 52.5 Å². The first-order valence-electron chi connectivity index (χ1n) is 11.9. The van der Waals surface area contributed by atoms with Crippen LogP contribution in [0.3, 0.4) is 0 Å². The van der Waals surface area contributed by atoms with Crippen LogP contribution in [0.15, 0.2) is 72.8 Å². The first-order chi connectivity index (χ1) is 17.7. The molecule has 0 bridgehead atoms. The van der Waals surface area contributed by atoms with Crippen LogP contribution in [0.2, 0.25) is 15.1 Å². The van der Waals surface area contributed by atoms with E-state index in [0.29, 0.717) is 47.2 Å². The van der Waals surface area contributed by atoms with Gasteiger partial charge in [-0.05, 0) is 55.0 Å². The highest BCUT2D eigenvalue weighted by molar-refractivity contribution is 6.36. The van der Waals surface area contributed by atoms with E-state index in [1.807, 2.05) is 37.3 Å². The van der Waals surface area contributed by atoms with Crippen molar-refractivity contribution in [3.63, 3.8) is 0 Å². The summed E-state index contributed by atoms with van der Waals surface area (Å²) in [6.45, 7) is 2.90. The zero-order valence-corrected chi connectivity index (χ0v) is 22.4. The summed E-state index contributed by atoms with van der Waals surface area (Å²) in [4.78, 5) is 43.2. The van der Waals surface area contributed by atoms with Gasteiger partial charge in [-0.3, -0.25) is 14.4 Å². The molecule has 3 aromatic carbocycles. The van der Waals surface area contributed by atoms with E-state index in [2.05, 4.69) is 5.32 Å². The van der Waals surface area contributed by atoms with Gasteiger partial charge in [0, 0.05) is 47.7 Å². The summed E-state index contributed by atoms with van der Waals surface area (Å²) in [7, 11) is 0. The third-order valence-corrected chi connectivity index (χ3v) is 7.15. The SMILES string of the molecule is C[C@@H]1CN(C(=O)[C@H](Cc2ccccc2)NC(=O)c2ccc(Cl)cc2)CCN1C(=O)c1ccc(Cl)cc1Cl. The van der Waals surface area contributed by atoms with Gasteiger partial charge in [-0.15, -0.1) is 0 Å². The minimum atomic E-state index is -0.772. The van der Waals surface area contributed by atoms with Gasteiger partial charge in [-0.2, -0.15) is 0 Å². The summed E-state index contributed by atoms with van der Waals surface area (Å²) in [6.07, 6.45) is 0.340. The van der Waals surface area contributed by atoms with Crippen LogP contribution in [-0.2, 0) is 11.2 Å². The topological polar surface area (TPSA) is 69.7 Å². The molecule has 2 atom stereocenters. The summed E-state index contributed by atoms with van der Waals surface area (Å²) < 4.78 is 0. The lowest BCUT2D eigenvalue weighted by atomic mass is 10.0. The van der Waals surface area contributed by atoms with E-state index in [0.717, 1.165) is 5.56 Å². The molecule has 0 aliphatic carbocycles. The molecule has 3 amide bonds. The van der Waals surface area contributed by atoms with Crippen molar-refractivity contribution in [2.24, 2.45) is 0 Å². The van der Waals surface area contributed by atoms with Gasteiger partial charge in [0.1, 0.15) is 6.04 Å². The standard InChI is InChI=1S/C28H26Cl3N3O3/c1-18-17-33(13-14-34(18)27(36)23-12-11-22(30)16-24(23)31)28(37)25(15-19-5-3-2-4-6-19)32-26(35)20-7-9-21(29)10-8-20/h2-12,16,18,25H,13-15,17H2,1H3,(H,32,35)/t18-,25+/m1/s1. The van der Waals surface area contributed by atoms with Crippen LogP contribution in [0.25, 0.3) is 0 Å². The number of nitrogens with zero attached hydrogens (tertiary/aromatic N) is 2. The van der Waals surface area contributed by atoms with E-state index in [4.69, 9.17) is 34.8 Å². The maximum absolute atomic E-state index is 13.7. The van der Waals surface area contributed by atoms with Gasteiger partial charge in [0.05, 0.1) is 10.6 Å². The predicted octanol–water partition coefficient (Wildman–Crippen LogP) is 5.36. The molecular formula is C28H26Cl3N3O3. The van der Waals surface area contributed by atoms with Gasteiger partial charge in [0.25, 0.3) is 11.8 Å². The number of carbonyl (C=O) groups excluding carboxylic acids is 3. The molecule has 9 heteroatoms. The first kappa shape index (κ1) is 27.0. The second-order valence-corrected chi connectivity index (χ2v) is 10.3. The zero-order valence-electron chi connectivity index (χ0n) is 20.2. The van der Waals surface area contributed by atoms with E-state index in [9.17, 15) is 14.4 Å². The highest BCUT2D eigenvalue weighted by Crippen LogP contribution is 2.24. The summed E-state index contributed by atoms with van der Waals surface area (Å²) in [5, 5.41) is 4.17. The largest absolute Gasteiger partial charge is 0.340 e. The number of hydrogen-bond donors (Lipinski definition) is 1. The fraction of sp³-hybridized carbons (Fsp3) is 0.250. The van der Waals surface area contributed by atoms with E-state index in [1.165, 1.54) is 0 Å². The third kappa shape index (κ3) is 6.63. The second kappa shape index (κ2) is 12.0. The van der Waals surface area contributed by atoms with Crippen molar-refractivity contribution in [2.75, 3.05) is 19.6 Å². The number of carbonyl (C=O) groups is 3. The van der Waals surface area contributed by atoms with Crippen LogP contribution >= 0.6 is 34.8 Å². The molecule has 0 radical (unpaired) electrons. The smallest absolute Gasteiger partial charge is 0.255 e. The van der Waals surface area contributed by atoms with E-state index < -0.39 is 6.04 Å². The van der Waals surface area contributed by atoms with E-state index in [-0.39, 0.29) is 28.8 Å². The Morgan fingerprint density at radius 1 is 0.919 bits per heavy atom. The summed E-state index contributed by atoms with van der Waals surface area (Å²) in [5.74, 6) is -0.766. The molecule has 1 heterocycles. The summed E-state index contributed by atoms with van der Waals surface area (Å²) in [6, 6.07) is 19.8. The van der Waals surface area contributed by atoms with E-state index >= 15 is 0 Å². The van der Waals surface area contributed by atoms with Crippen molar-refractivity contribution in [1.29, 1.82) is 0 Å². The maximum atomic E-state index is 13.7. The number of halogens is 3. The molecule has 37 heavy (non-hydrogen) atoms. The highest BCUT2D eigenvalue weighted by Gasteiger charge is 2.34. The van der Waals surface area contributed by atoms with Gasteiger partial charge in [0.2, 0.25) is 5.91 Å². The Kier molecular flexibility index (Phi) is 8.75. The number of amides is 3. The van der Waals surface area contributed by atoms with Gasteiger partial charge < -0.3 is 15.1 Å². The van der Waals surface area contributed by atoms with Crippen molar-refractivity contribution in [3.8, 4) is 0 Å². The lowest BCUT2D eigenvalue weighted by molar-refractivity contribution is -0.135. The fourth-order valence-electron chi connectivity index (χ4n) is 4.39. The summed E-state index contributed by atoms with van der Waals surface area (Å²) in [5.41, 5.74) is 1.71. The van der Waals surface area contributed by atoms with Crippen LogP contribution in [0.4, 0.5) is 0 Å². The number of benzene rings is 3. The molecule has 0 saturated carbocycles. The minimum Gasteiger partial charge on any atom is -0.340 e. The fourth-order valence-corrected chi connectivity index (χ4v) is 5.01. The summed E-state index contributed by atoms with van der Waals surface area (Å²) >= 11 is 18.2. The monoisotopic (exact) mass is 557 g/mol. The van der Waals surface area contributed by atoms with E-state index in [1.54, 1.807) is 52.3 Å². The Morgan fingerprint density at radius 2 is 1.59 bits per heavy atom. The minimum absolute atomic E-state index is 0.199. The van der Waals surface area contributed by atoms with Crippen LogP contribution in [0.1, 0.15) is 33.2 Å². The van der Waals surface area contributed by atoms with Gasteiger partial charge in [0.15, 0.2) is 0 Å². The molecule has 1 saturated heterocycles. The van der Waals surface area contributed by atoms with Crippen LogP contribution in [0.5, 0.6) is 0 Å². The molecule has 1 N–H and O–H groups in total. The van der Waals surface area contributed by atoms with Gasteiger partial charge in [-0.1, -0.05) is 65.1 Å². The number of nitrogens with one attached hydrogen (secondary N) is 1. The lowest BCUT2D eigenvalue weighted by Crippen LogP contribution is -2.59. The molecule has 0 spiro atoms. The van der Waals surface area contributed by atoms with Crippen molar-refractivity contribution in [2.45, 2.75) is 25.4 Å². The van der Waals surface area contributed by atoms with Crippen LogP contribution in [-0.4, -0.2) is 59.2 Å². The molecule has 192 valence electrons. The Hall–Kier alpha value is -3.06. The Labute approximate surface area is 231 Å². The van der Waals surface area contributed by atoms with Crippen molar-refractivity contribution < 1.29 is 14.4 Å². The molecule has 3 aromatic rings. The van der Waals surface area contributed by atoms with Crippen LogP contribution in [0, 0.1) is 0 Å². The molecular weight excluding hydrogens is 533 g/mol. The molecule has 0 aromatic heterocycles. The molecule has 1 fully saturated rings. The highest BCUT2D eigenvalue weighted by atomic mass is 35.5. The Morgan fingerprint density at radius 3 is 2.24 bits per heavy atom. The molecule has 4 rings (SSSR count). The average molecular weight is 559 g/mol. The molecule has 0 unspecified atom stereocenters. The first-order valence-corrected chi connectivity index (χ1v) is 13.0. The number of hydrogen-bond acceptors (Lipinski definition) is 3.